The second kappa shape index (κ2) is 11.8. The maximum absolute atomic E-state index is 11.1. The zero-order valence-electron chi connectivity index (χ0n) is 20.1. The lowest BCUT2D eigenvalue weighted by Gasteiger charge is -2.23. The molecule has 32 heavy (non-hydrogen) atoms. The van der Waals surface area contributed by atoms with Gasteiger partial charge in [-0.05, 0) is 95.8 Å². The second-order valence-electron chi connectivity index (χ2n) is 9.52. The SMILES string of the molecule is CC=C1CC2CC(COC(=O)OCC)C1C2.CC=C1CC2CC1CC2COC(=O)OCC. The number of carbonyl (C=O) groups excluding carboxylic acids is 2. The van der Waals surface area contributed by atoms with Crippen LogP contribution in [0.2, 0.25) is 0 Å². The third-order valence-electron chi connectivity index (χ3n) is 7.75. The van der Waals surface area contributed by atoms with Gasteiger partial charge in [0.2, 0.25) is 0 Å². The van der Waals surface area contributed by atoms with Crippen molar-refractivity contribution in [2.45, 2.75) is 66.2 Å². The molecule has 0 N–H and O–H groups in total. The molecule has 4 bridgehead atoms. The summed E-state index contributed by atoms with van der Waals surface area (Å²) in [5.74, 6) is 4.04. The molecule has 0 aliphatic heterocycles. The van der Waals surface area contributed by atoms with Crippen LogP contribution in [-0.4, -0.2) is 38.7 Å². The van der Waals surface area contributed by atoms with Gasteiger partial charge in [-0.2, -0.15) is 0 Å². The summed E-state index contributed by atoms with van der Waals surface area (Å²) in [5, 5.41) is 0. The van der Waals surface area contributed by atoms with E-state index in [1.54, 1.807) is 25.0 Å². The molecule has 6 unspecified atom stereocenters. The van der Waals surface area contributed by atoms with Crippen molar-refractivity contribution in [2.75, 3.05) is 26.4 Å². The number of hydrogen-bond donors (Lipinski definition) is 0. The van der Waals surface area contributed by atoms with Gasteiger partial charge >= 0.3 is 12.3 Å². The van der Waals surface area contributed by atoms with Crippen LogP contribution in [0.15, 0.2) is 23.3 Å². The Morgan fingerprint density at radius 1 is 0.781 bits per heavy atom. The predicted octanol–water partition coefficient (Wildman–Crippen LogP) is 6.30. The van der Waals surface area contributed by atoms with Gasteiger partial charge in [0.15, 0.2) is 0 Å². The molecule has 4 rings (SSSR count). The van der Waals surface area contributed by atoms with E-state index >= 15 is 0 Å². The molecule has 0 saturated heterocycles. The molecule has 4 fully saturated rings. The number of fused-ring (bicyclic) bond motifs is 4. The van der Waals surface area contributed by atoms with Crippen LogP contribution in [-0.2, 0) is 18.9 Å². The second-order valence-corrected chi connectivity index (χ2v) is 9.52. The van der Waals surface area contributed by atoms with Gasteiger partial charge in [0.25, 0.3) is 0 Å². The molecule has 180 valence electrons. The smallest absolute Gasteiger partial charge is 0.435 e. The first-order chi connectivity index (χ1) is 15.5. The highest BCUT2D eigenvalue weighted by atomic mass is 16.7. The van der Waals surface area contributed by atoms with Crippen LogP contribution in [0, 0.1) is 35.5 Å². The zero-order chi connectivity index (χ0) is 23.1. The van der Waals surface area contributed by atoms with Gasteiger partial charge in [-0.15, -0.1) is 0 Å². The third kappa shape index (κ3) is 6.08. The molecule has 0 spiro atoms. The molecule has 6 heteroatoms. The lowest BCUT2D eigenvalue weighted by Crippen LogP contribution is -2.21. The van der Waals surface area contributed by atoms with Crippen LogP contribution in [0.4, 0.5) is 9.59 Å². The van der Waals surface area contributed by atoms with Crippen LogP contribution in [0.1, 0.15) is 66.2 Å². The van der Waals surface area contributed by atoms with Crippen molar-refractivity contribution < 1.29 is 28.5 Å². The van der Waals surface area contributed by atoms with Gasteiger partial charge in [0, 0.05) is 5.92 Å². The summed E-state index contributed by atoms with van der Waals surface area (Å²) in [7, 11) is 0. The average molecular weight is 449 g/mol. The summed E-state index contributed by atoms with van der Waals surface area (Å²) >= 11 is 0. The Balaban J connectivity index is 0.000000181. The van der Waals surface area contributed by atoms with Crippen molar-refractivity contribution >= 4 is 12.3 Å². The van der Waals surface area contributed by atoms with E-state index in [2.05, 4.69) is 26.0 Å². The van der Waals surface area contributed by atoms with Gasteiger partial charge in [0.05, 0.1) is 26.4 Å². The molecule has 4 aliphatic rings. The van der Waals surface area contributed by atoms with Crippen LogP contribution in [0.25, 0.3) is 0 Å². The van der Waals surface area contributed by atoms with Gasteiger partial charge in [-0.3, -0.25) is 0 Å². The molecule has 6 nitrogen and oxygen atoms in total. The summed E-state index contributed by atoms with van der Waals surface area (Å²) in [6, 6.07) is 0. The van der Waals surface area contributed by atoms with Crippen molar-refractivity contribution in [3.8, 4) is 0 Å². The first kappa shape index (κ1) is 24.7. The molecular weight excluding hydrogens is 408 g/mol. The van der Waals surface area contributed by atoms with Gasteiger partial charge < -0.3 is 18.9 Å². The fourth-order valence-electron chi connectivity index (χ4n) is 6.32. The molecule has 0 aromatic rings. The highest BCUT2D eigenvalue weighted by Crippen LogP contribution is 2.52. The summed E-state index contributed by atoms with van der Waals surface area (Å²) in [6.07, 6.45) is 10.9. The van der Waals surface area contributed by atoms with Gasteiger partial charge in [-0.1, -0.05) is 23.3 Å². The van der Waals surface area contributed by atoms with Crippen molar-refractivity contribution in [2.24, 2.45) is 35.5 Å². The number of allylic oxidation sites excluding steroid dienone is 4. The Morgan fingerprint density at radius 3 is 1.91 bits per heavy atom. The predicted molar refractivity (Wildman–Crippen MR) is 122 cm³/mol. The third-order valence-corrected chi connectivity index (χ3v) is 7.75. The van der Waals surface area contributed by atoms with E-state index in [4.69, 9.17) is 18.9 Å². The maximum Gasteiger partial charge on any atom is 0.508 e. The van der Waals surface area contributed by atoms with E-state index in [-0.39, 0.29) is 0 Å². The quantitative estimate of drug-likeness (QED) is 0.350. The van der Waals surface area contributed by atoms with Crippen LogP contribution in [0.5, 0.6) is 0 Å². The van der Waals surface area contributed by atoms with Crippen LogP contribution >= 0.6 is 0 Å². The van der Waals surface area contributed by atoms with Crippen LogP contribution < -0.4 is 0 Å². The first-order valence-corrected chi connectivity index (χ1v) is 12.4. The van der Waals surface area contributed by atoms with E-state index in [1.807, 2.05) is 0 Å². The van der Waals surface area contributed by atoms with Crippen molar-refractivity contribution in [3.05, 3.63) is 23.3 Å². The number of ether oxygens (including phenoxy) is 4. The summed E-state index contributed by atoms with van der Waals surface area (Å²) < 4.78 is 19.7. The molecule has 0 aromatic carbocycles. The van der Waals surface area contributed by atoms with Crippen molar-refractivity contribution in [1.29, 1.82) is 0 Å². The van der Waals surface area contributed by atoms with Gasteiger partial charge in [0.1, 0.15) is 0 Å². The minimum atomic E-state index is -0.521. The van der Waals surface area contributed by atoms with E-state index in [1.165, 1.54) is 38.5 Å². The topological polar surface area (TPSA) is 71.1 Å². The Labute approximate surface area is 192 Å². The highest BCUT2D eigenvalue weighted by Gasteiger charge is 2.43. The number of rotatable bonds is 6. The zero-order valence-corrected chi connectivity index (χ0v) is 20.1. The molecule has 0 amide bonds. The molecule has 4 saturated carbocycles. The first-order valence-electron chi connectivity index (χ1n) is 12.4. The molecule has 0 radical (unpaired) electrons. The summed E-state index contributed by atoms with van der Waals surface area (Å²) in [6.45, 7) is 9.65. The van der Waals surface area contributed by atoms with E-state index in [0.29, 0.717) is 44.2 Å². The largest absolute Gasteiger partial charge is 0.508 e. The van der Waals surface area contributed by atoms with Gasteiger partial charge in [-0.25, -0.2) is 9.59 Å². The lowest BCUT2D eigenvalue weighted by molar-refractivity contribution is 0.0414. The number of hydrogen-bond acceptors (Lipinski definition) is 6. The van der Waals surface area contributed by atoms with E-state index < -0.39 is 12.3 Å². The Bertz CT molecular complexity index is 711. The average Bonchev–Trinajstić information content (AvgIpc) is 3.56. The van der Waals surface area contributed by atoms with Crippen molar-refractivity contribution in [3.63, 3.8) is 0 Å². The van der Waals surface area contributed by atoms with Crippen molar-refractivity contribution in [1.82, 2.24) is 0 Å². The maximum atomic E-state index is 11.1. The summed E-state index contributed by atoms with van der Waals surface area (Å²) in [5.41, 5.74) is 3.17. The minimum absolute atomic E-state index is 0.385. The molecular formula is C26H40O6. The Morgan fingerprint density at radius 2 is 1.41 bits per heavy atom. The van der Waals surface area contributed by atoms with E-state index in [9.17, 15) is 9.59 Å². The monoisotopic (exact) mass is 448 g/mol. The lowest BCUT2D eigenvalue weighted by atomic mass is 9.85. The number of carbonyl (C=O) groups is 2. The molecule has 4 aliphatic carbocycles. The highest BCUT2D eigenvalue weighted by molar-refractivity contribution is 5.60. The Hall–Kier alpha value is -1.98. The Kier molecular flexibility index (Phi) is 9.06. The standard InChI is InChI=1S/2C13H20O3/c1-3-10-5-9-6-11(12(10)7-9)8-16-13(14)15-4-2;1-3-9-5-11-6-10(9)7-12(11)8-16-13(14)15-4-2/h3,9,11-12H,4-8H2,1-2H3;3,10-12H,4-8H2,1-2H3. The molecule has 0 aromatic heterocycles. The summed E-state index contributed by atoms with van der Waals surface area (Å²) in [4.78, 5) is 22.2. The van der Waals surface area contributed by atoms with E-state index in [0.717, 1.165) is 17.8 Å². The fourth-order valence-corrected chi connectivity index (χ4v) is 6.32. The fraction of sp³-hybridized carbons (Fsp3) is 0.769. The normalized spacial score (nSPS) is 34.4. The minimum Gasteiger partial charge on any atom is -0.435 e. The van der Waals surface area contributed by atoms with Crippen LogP contribution in [0.3, 0.4) is 0 Å². The molecule has 0 heterocycles. The molecule has 6 atom stereocenters.